The molecule has 1 aromatic heterocycles. The molecule has 0 atom stereocenters. The number of hydrogen-bond acceptors (Lipinski definition) is 3. The Kier molecular flexibility index (Phi) is 3.25. The van der Waals surface area contributed by atoms with Gasteiger partial charge in [0, 0.05) is 16.9 Å². The van der Waals surface area contributed by atoms with E-state index in [2.05, 4.69) is 10.3 Å². The second-order valence-electron chi connectivity index (χ2n) is 3.43. The molecule has 1 aromatic carbocycles. The van der Waals surface area contributed by atoms with Gasteiger partial charge in [-0.2, -0.15) is 0 Å². The highest BCUT2D eigenvalue weighted by Gasteiger charge is 2.10. The van der Waals surface area contributed by atoms with Gasteiger partial charge in [0.2, 0.25) is 0 Å². The average molecular weight is 248 g/mol. The summed E-state index contributed by atoms with van der Waals surface area (Å²) in [5, 5.41) is 3.15. The number of anilines is 2. The smallest absolute Gasteiger partial charge is 0.257 e. The van der Waals surface area contributed by atoms with Crippen molar-refractivity contribution in [1.82, 2.24) is 4.98 Å². The van der Waals surface area contributed by atoms with Crippen LogP contribution in [0, 0.1) is 0 Å². The van der Waals surface area contributed by atoms with E-state index < -0.39 is 0 Å². The Balaban J connectivity index is 2.23. The molecule has 0 saturated carbocycles. The molecule has 5 heteroatoms. The van der Waals surface area contributed by atoms with Crippen molar-refractivity contribution in [2.24, 2.45) is 0 Å². The highest BCUT2D eigenvalue weighted by atomic mass is 35.5. The van der Waals surface area contributed by atoms with Crippen LogP contribution >= 0.6 is 11.6 Å². The van der Waals surface area contributed by atoms with E-state index in [1.54, 1.807) is 36.7 Å². The van der Waals surface area contributed by atoms with E-state index in [4.69, 9.17) is 17.3 Å². The summed E-state index contributed by atoms with van der Waals surface area (Å²) in [5.41, 5.74) is 7.05. The number of halogens is 1. The minimum Gasteiger partial charge on any atom is -0.398 e. The largest absolute Gasteiger partial charge is 0.398 e. The molecule has 0 unspecified atom stereocenters. The van der Waals surface area contributed by atoms with E-state index in [0.717, 1.165) is 0 Å². The van der Waals surface area contributed by atoms with Crippen LogP contribution in [-0.4, -0.2) is 10.9 Å². The summed E-state index contributed by atoms with van der Waals surface area (Å²) in [6.07, 6.45) is 3.18. The molecule has 2 rings (SSSR count). The van der Waals surface area contributed by atoms with Crippen LogP contribution in [0.3, 0.4) is 0 Å². The lowest BCUT2D eigenvalue weighted by molar-refractivity contribution is 0.102. The Morgan fingerprint density at radius 1 is 1.35 bits per heavy atom. The lowest BCUT2D eigenvalue weighted by Gasteiger charge is -2.07. The van der Waals surface area contributed by atoms with Crippen molar-refractivity contribution in [3.05, 3.63) is 53.3 Å². The average Bonchev–Trinajstić information content (AvgIpc) is 2.33. The number of nitrogen functional groups attached to an aromatic ring is 1. The standard InChI is InChI=1S/C12H10ClN3O/c13-8-3-4-11(14)10(6-8)12(17)16-9-2-1-5-15-7-9/h1-7H,14H2,(H,16,17). The van der Waals surface area contributed by atoms with E-state index in [9.17, 15) is 4.79 Å². The van der Waals surface area contributed by atoms with Gasteiger partial charge in [-0.05, 0) is 30.3 Å². The van der Waals surface area contributed by atoms with Gasteiger partial charge in [0.05, 0.1) is 17.4 Å². The number of benzene rings is 1. The number of nitrogens with one attached hydrogen (secondary N) is 1. The Bertz CT molecular complexity index is 543. The molecule has 4 nitrogen and oxygen atoms in total. The summed E-state index contributed by atoms with van der Waals surface area (Å²) in [7, 11) is 0. The molecule has 0 bridgehead atoms. The van der Waals surface area contributed by atoms with Crippen LogP contribution in [0.25, 0.3) is 0 Å². The normalized spacial score (nSPS) is 9.94. The first kappa shape index (κ1) is 11.4. The van der Waals surface area contributed by atoms with Gasteiger partial charge in [0.15, 0.2) is 0 Å². The van der Waals surface area contributed by atoms with Crippen LogP contribution in [0.15, 0.2) is 42.7 Å². The second kappa shape index (κ2) is 4.84. The van der Waals surface area contributed by atoms with Gasteiger partial charge in [-0.15, -0.1) is 0 Å². The number of pyridine rings is 1. The molecule has 0 saturated heterocycles. The molecule has 0 spiro atoms. The predicted molar refractivity (Wildman–Crippen MR) is 68.1 cm³/mol. The van der Waals surface area contributed by atoms with Crippen molar-refractivity contribution in [2.45, 2.75) is 0 Å². The maximum atomic E-state index is 11.9. The summed E-state index contributed by atoms with van der Waals surface area (Å²) in [6.45, 7) is 0. The summed E-state index contributed by atoms with van der Waals surface area (Å²) >= 11 is 5.82. The predicted octanol–water partition coefficient (Wildman–Crippen LogP) is 2.57. The number of carbonyl (C=O) groups is 1. The molecule has 3 N–H and O–H groups in total. The second-order valence-corrected chi connectivity index (χ2v) is 3.86. The number of nitrogens with two attached hydrogens (primary N) is 1. The minimum atomic E-state index is -0.307. The van der Waals surface area contributed by atoms with E-state index in [0.29, 0.717) is 22.0 Å². The molecule has 2 aromatic rings. The van der Waals surface area contributed by atoms with Crippen LogP contribution in [0.2, 0.25) is 5.02 Å². The van der Waals surface area contributed by atoms with Crippen LogP contribution in [-0.2, 0) is 0 Å². The third kappa shape index (κ3) is 2.73. The SMILES string of the molecule is Nc1ccc(Cl)cc1C(=O)Nc1cccnc1. The first-order valence-electron chi connectivity index (χ1n) is 4.93. The van der Waals surface area contributed by atoms with Gasteiger partial charge >= 0.3 is 0 Å². The number of nitrogens with zero attached hydrogens (tertiary/aromatic N) is 1. The molecule has 0 aliphatic carbocycles. The lowest BCUT2D eigenvalue weighted by Crippen LogP contribution is -2.14. The maximum absolute atomic E-state index is 11.9. The van der Waals surface area contributed by atoms with Gasteiger partial charge in [-0.3, -0.25) is 9.78 Å². The molecule has 1 heterocycles. The summed E-state index contributed by atoms with van der Waals surface area (Å²) in [4.78, 5) is 15.8. The molecular weight excluding hydrogens is 238 g/mol. The summed E-state index contributed by atoms with van der Waals surface area (Å²) in [6, 6.07) is 8.24. The Labute approximate surface area is 103 Å². The molecule has 0 aliphatic rings. The van der Waals surface area contributed by atoms with Gasteiger partial charge < -0.3 is 11.1 Å². The fourth-order valence-corrected chi connectivity index (χ4v) is 1.53. The molecule has 86 valence electrons. The number of amides is 1. The van der Waals surface area contributed by atoms with Crippen molar-refractivity contribution in [1.29, 1.82) is 0 Å². The third-order valence-electron chi connectivity index (χ3n) is 2.18. The lowest BCUT2D eigenvalue weighted by atomic mass is 10.1. The summed E-state index contributed by atoms with van der Waals surface area (Å²) < 4.78 is 0. The monoisotopic (exact) mass is 247 g/mol. The molecule has 0 aliphatic heterocycles. The van der Waals surface area contributed by atoms with Gasteiger partial charge in [0.25, 0.3) is 5.91 Å². The van der Waals surface area contributed by atoms with Crippen LogP contribution in [0.5, 0.6) is 0 Å². The quantitative estimate of drug-likeness (QED) is 0.802. The van der Waals surface area contributed by atoms with Crippen molar-refractivity contribution in [3.8, 4) is 0 Å². The van der Waals surface area contributed by atoms with Crippen LogP contribution in [0.4, 0.5) is 11.4 Å². The zero-order valence-electron chi connectivity index (χ0n) is 8.85. The van der Waals surface area contributed by atoms with Crippen molar-refractivity contribution >= 4 is 28.9 Å². The minimum absolute atomic E-state index is 0.307. The van der Waals surface area contributed by atoms with Crippen molar-refractivity contribution < 1.29 is 4.79 Å². The van der Waals surface area contributed by atoms with Crippen LogP contribution < -0.4 is 11.1 Å². The number of carbonyl (C=O) groups excluding carboxylic acids is 1. The number of hydrogen-bond donors (Lipinski definition) is 2. The zero-order valence-corrected chi connectivity index (χ0v) is 9.61. The van der Waals surface area contributed by atoms with E-state index in [1.165, 1.54) is 6.07 Å². The van der Waals surface area contributed by atoms with E-state index in [1.807, 2.05) is 0 Å². The molecule has 1 amide bonds. The van der Waals surface area contributed by atoms with Gasteiger partial charge in [0.1, 0.15) is 0 Å². The zero-order chi connectivity index (χ0) is 12.3. The molecule has 17 heavy (non-hydrogen) atoms. The van der Waals surface area contributed by atoms with Crippen molar-refractivity contribution in [3.63, 3.8) is 0 Å². The Morgan fingerprint density at radius 3 is 2.88 bits per heavy atom. The fourth-order valence-electron chi connectivity index (χ4n) is 1.36. The molecule has 0 fully saturated rings. The number of aromatic nitrogens is 1. The maximum Gasteiger partial charge on any atom is 0.257 e. The third-order valence-corrected chi connectivity index (χ3v) is 2.41. The molecular formula is C12H10ClN3O. The van der Waals surface area contributed by atoms with E-state index in [-0.39, 0.29) is 5.91 Å². The van der Waals surface area contributed by atoms with Gasteiger partial charge in [-0.25, -0.2) is 0 Å². The molecule has 0 radical (unpaired) electrons. The topological polar surface area (TPSA) is 68.0 Å². The van der Waals surface area contributed by atoms with Crippen molar-refractivity contribution in [2.75, 3.05) is 11.1 Å². The highest BCUT2D eigenvalue weighted by molar-refractivity contribution is 6.31. The number of rotatable bonds is 2. The highest BCUT2D eigenvalue weighted by Crippen LogP contribution is 2.19. The first-order chi connectivity index (χ1) is 8.16. The summed E-state index contributed by atoms with van der Waals surface area (Å²) in [5.74, 6) is -0.307. The van der Waals surface area contributed by atoms with Gasteiger partial charge in [-0.1, -0.05) is 11.6 Å². The van der Waals surface area contributed by atoms with Crippen LogP contribution in [0.1, 0.15) is 10.4 Å². The fraction of sp³-hybridized carbons (Fsp3) is 0. The van der Waals surface area contributed by atoms with E-state index >= 15 is 0 Å². The Morgan fingerprint density at radius 2 is 2.18 bits per heavy atom. The Hall–Kier alpha value is -2.07. The first-order valence-corrected chi connectivity index (χ1v) is 5.31.